The molecule has 0 aromatic carbocycles. The number of nitrogens with one attached hydrogen (secondary N) is 4. The van der Waals surface area contributed by atoms with Gasteiger partial charge in [0, 0.05) is 0 Å². The third-order valence-corrected chi connectivity index (χ3v) is 2.65. The summed E-state index contributed by atoms with van der Waals surface area (Å²) in [6.45, 7) is 5.04. The molecule has 0 spiro atoms. The van der Waals surface area contributed by atoms with Crippen LogP contribution in [0.15, 0.2) is 0 Å². The molecular weight excluding hydrogens is 288 g/mol. The summed E-state index contributed by atoms with van der Waals surface area (Å²) in [5, 5.41) is 10.2. The topological polar surface area (TPSA) is 116 Å². The van der Waals surface area contributed by atoms with E-state index in [1.54, 1.807) is 7.05 Å². The predicted octanol–water partition coefficient (Wildman–Crippen LogP) is -1.44. The fraction of sp³-hybridized carbons (Fsp3) is 0.714. The van der Waals surface area contributed by atoms with Crippen LogP contribution in [-0.4, -0.2) is 56.2 Å². The fourth-order valence-corrected chi connectivity index (χ4v) is 1.68. The van der Waals surface area contributed by atoms with E-state index in [-0.39, 0.29) is 37.2 Å². The Morgan fingerprint density at radius 1 is 0.909 bits per heavy atom. The van der Waals surface area contributed by atoms with Gasteiger partial charge in [-0.05, 0) is 26.3 Å². The Kier molecular flexibility index (Phi) is 9.77. The van der Waals surface area contributed by atoms with Crippen LogP contribution in [0.5, 0.6) is 0 Å². The van der Waals surface area contributed by atoms with Crippen LogP contribution in [0.4, 0.5) is 0 Å². The summed E-state index contributed by atoms with van der Waals surface area (Å²) in [5.74, 6) is -1.12. The summed E-state index contributed by atoms with van der Waals surface area (Å²) in [6, 6.07) is -0.693. The van der Waals surface area contributed by atoms with E-state index in [0.717, 1.165) is 0 Å². The molecule has 0 heterocycles. The second-order valence-corrected chi connectivity index (χ2v) is 5.48. The monoisotopic (exact) mass is 314 g/mol. The molecule has 126 valence electrons. The number of likely N-dealkylation sites (N-methyl/N-ethyl adjacent to an activating group) is 1. The number of Topliss-reactive ketones (excluding diaryl/α,β-unsaturated/α-hetero) is 1. The first-order valence-corrected chi connectivity index (χ1v) is 7.24. The quantitative estimate of drug-likeness (QED) is 0.394. The van der Waals surface area contributed by atoms with Crippen molar-refractivity contribution in [2.75, 3.05) is 26.7 Å². The third-order valence-electron chi connectivity index (χ3n) is 2.65. The van der Waals surface area contributed by atoms with Gasteiger partial charge in [0.05, 0.1) is 19.6 Å². The molecule has 0 aliphatic heterocycles. The predicted molar refractivity (Wildman–Crippen MR) is 82.0 cm³/mol. The summed E-state index contributed by atoms with van der Waals surface area (Å²) < 4.78 is 0. The van der Waals surface area contributed by atoms with E-state index >= 15 is 0 Å². The second-order valence-electron chi connectivity index (χ2n) is 5.48. The number of carbonyl (C=O) groups is 4. The molecule has 22 heavy (non-hydrogen) atoms. The van der Waals surface area contributed by atoms with Crippen LogP contribution in [0.3, 0.4) is 0 Å². The van der Waals surface area contributed by atoms with E-state index in [0.29, 0.717) is 6.42 Å². The van der Waals surface area contributed by atoms with Gasteiger partial charge in [-0.15, -0.1) is 0 Å². The van der Waals surface area contributed by atoms with Gasteiger partial charge in [-0.25, -0.2) is 0 Å². The maximum atomic E-state index is 12.1. The number of rotatable bonds is 10. The highest BCUT2D eigenvalue weighted by molar-refractivity contribution is 5.91. The smallest absolute Gasteiger partial charge is 0.243 e. The summed E-state index contributed by atoms with van der Waals surface area (Å²) in [6.07, 6.45) is 0.469. The highest BCUT2D eigenvalue weighted by Gasteiger charge is 2.22. The SMILES string of the molecule is CNCC(=O)N[C@H](CC(C)C)C(=O)NCC(=O)NCC(C)=O. The Bertz CT molecular complexity index is 410. The molecule has 0 aliphatic carbocycles. The zero-order chi connectivity index (χ0) is 17.1. The van der Waals surface area contributed by atoms with Crippen molar-refractivity contribution in [3.63, 3.8) is 0 Å². The van der Waals surface area contributed by atoms with E-state index < -0.39 is 17.9 Å². The van der Waals surface area contributed by atoms with Gasteiger partial charge in [-0.2, -0.15) is 0 Å². The maximum absolute atomic E-state index is 12.1. The van der Waals surface area contributed by atoms with Crippen molar-refractivity contribution in [1.82, 2.24) is 21.3 Å². The molecule has 0 radical (unpaired) electrons. The molecule has 0 rings (SSSR count). The van der Waals surface area contributed by atoms with Gasteiger partial charge < -0.3 is 21.3 Å². The average Bonchev–Trinajstić information content (AvgIpc) is 2.41. The Balaban J connectivity index is 4.40. The summed E-state index contributed by atoms with van der Waals surface area (Å²) >= 11 is 0. The highest BCUT2D eigenvalue weighted by atomic mass is 16.2. The fourth-order valence-electron chi connectivity index (χ4n) is 1.68. The van der Waals surface area contributed by atoms with Gasteiger partial charge in [-0.3, -0.25) is 19.2 Å². The van der Waals surface area contributed by atoms with Crippen LogP contribution in [-0.2, 0) is 19.2 Å². The molecule has 0 aromatic rings. The van der Waals surface area contributed by atoms with Crippen LogP contribution < -0.4 is 21.3 Å². The molecule has 8 nitrogen and oxygen atoms in total. The van der Waals surface area contributed by atoms with Crippen molar-refractivity contribution in [2.45, 2.75) is 33.2 Å². The van der Waals surface area contributed by atoms with Crippen molar-refractivity contribution in [3.05, 3.63) is 0 Å². The minimum atomic E-state index is -0.693. The van der Waals surface area contributed by atoms with Crippen molar-refractivity contribution in [3.8, 4) is 0 Å². The average molecular weight is 314 g/mol. The van der Waals surface area contributed by atoms with Gasteiger partial charge in [-0.1, -0.05) is 13.8 Å². The van der Waals surface area contributed by atoms with Gasteiger partial charge in [0.15, 0.2) is 0 Å². The third kappa shape index (κ3) is 9.87. The van der Waals surface area contributed by atoms with Crippen LogP contribution in [0.1, 0.15) is 27.2 Å². The molecule has 0 fully saturated rings. The Morgan fingerprint density at radius 3 is 2.05 bits per heavy atom. The number of hydrogen-bond acceptors (Lipinski definition) is 5. The van der Waals surface area contributed by atoms with Crippen LogP contribution in [0.2, 0.25) is 0 Å². The Labute approximate surface area is 130 Å². The lowest BCUT2D eigenvalue weighted by Crippen LogP contribution is -2.51. The van der Waals surface area contributed by atoms with Gasteiger partial charge in [0.1, 0.15) is 11.8 Å². The van der Waals surface area contributed by atoms with E-state index in [1.165, 1.54) is 6.92 Å². The Morgan fingerprint density at radius 2 is 1.55 bits per heavy atom. The lowest BCUT2D eigenvalue weighted by molar-refractivity contribution is -0.130. The lowest BCUT2D eigenvalue weighted by Gasteiger charge is -2.20. The van der Waals surface area contributed by atoms with Crippen molar-refractivity contribution < 1.29 is 19.2 Å². The lowest BCUT2D eigenvalue weighted by atomic mass is 10.0. The van der Waals surface area contributed by atoms with E-state index in [2.05, 4.69) is 21.3 Å². The van der Waals surface area contributed by atoms with E-state index in [9.17, 15) is 19.2 Å². The number of amides is 3. The van der Waals surface area contributed by atoms with Crippen LogP contribution in [0.25, 0.3) is 0 Å². The molecule has 4 N–H and O–H groups in total. The van der Waals surface area contributed by atoms with Crippen LogP contribution in [0, 0.1) is 5.92 Å². The van der Waals surface area contributed by atoms with Gasteiger partial charge in [0.2, 0.25) is 17.7 Å². The van der Waals surface area contributed by atoms with E-state index in [4.69, 9.17) is 0 Å². The van der Waals surface area contributed by atoms with Crippen molar-refractivity contribution in [1.29, 1.82) is 0 Å². The number of ketones is 1. The molecule has 0 aromatic heterocycles. The zero-order valence-electron chi connectivity index (χ0n) is 13.6. The minimum absolute atomic E-state index is 0.0664. The highest BCUT2D eigenvalue weighted by Crippen LogP contribution is 2.04. The first kappa shape index (κ1) is 20.0. The van der Waals surface area contributed by atoms with Crippen molar-refractivity contribution >= 4 is 23.5 Å². The second kappa shape index (κ2) is 10.7. The normalized spacial score (nSPS) is 11.7. The minimum Gasteiger partial charge on any atom is -0.348 e. The van der Waals surface area contributed by atoms with Crippen molar-refractivity contribution in [2.24, 2.45) is 5.92 Å². The molecule has 0 unspecified atom stereocenters. The molecule has 1 atom stereocenters. The molecule has 0 bridgehead atoms. The standard InChI is InChI=1S/C14H26N4O4/c1-9(2)5-11(18-13(21)7-15-4)14(22)17-8-12(20)16-6-10(3)19/h9,11,15H,5-8H2,1-4H3,(H,16,20)(H,17,22)(H,18,21)/t11-/m1/s1. The van der Waals surface area contributed by atoms with Gasteiger partial charge >= 0.3 is 0 Å². The zero-order valence-corrected chi connectivity index (χ0v) is 13.6. The maximum Gasteiger partial charge on any atom is 0.243 e. The van der Waals surface area contributed by atoms with Crippen LogP contribution >= 0.6 is 0 Å². The molecule has 0 saturated carbocycles. The summed E-state index contributed by atoms with van der Waals surface area (Å²) in [5.41, 5.74) is 0. The summed E-state index contributed by atoms with van der Waals surface area (Å²) in [7, 11) is 1.64. The summed E-state index contributed by atoms with van der Waals surface area (Å²) in [4.78, 5) is 45.8. The number of hydrogen-bond donors (Lipinski definition) is 4. The molecule has 0 saturated heterocycles. The molecule has 3 amide bonds. The Hall–Kier alpha value is -1.96. The first-order valence-electron chi connectivity index (χ1n) is 7.24. The first-order chi connectivity index (χ1) is 10.3. The molecular formula is C14H26N4O4. The van der Waals surface area contributed by atoms with Gasteiger partial charge in [0.25, 0.3) is 0 Å². The number of carbonyl (C=O) groups excluding carboxylic acids is 4. The molecule has 0 aliphatic rings. The molecule has 8 heteroatoms. The largest absolute Gasteiger partial charge is 0.348 e. The van der Waals surface area contributed by atoms with E-state index in [1.807, 2.05) is 13.8 Å².